The number of hydrogen-bond donors (Lipinski definition) is 2. The molecule has 1 aromatic heterocycles. The summed E-state index contributed by atoms with van der Waals surface area (Å²) < 4.78 is 0. The Bertz CT molecular complexity index is 762. The third kappa shape index (κ3) is 4.34. The zero-order valence-electron chi connectivity index (χ0n) is 15.0. The van der Waals surface area contributed by atoms with Gasteiger partial charge in [0.1, 0.15) is 5.82 Å². The number of piperazine rings is 1. The van der Waals surface area contributed by atoms with Crippen molar-refractivity contribution in [2.45, 2.75) is 20.4 Å². The van der Waals surface area contributed by atoms with Crippen molar-refractivity contribution in [3.63, 3.8) is 0 Å². The number of aromatic nitrogens is 2. The van der Waals surface area contributed by atoms with Gasteiger partial charge in [0, 0.05) is 56.1 Å². The van der Waals surface area contributed by atoms with Crippen LogP contribution in [0.2, 0.25) is 0 Å². The highest BCUT2D eigenvalue weighted by molar-refractivity contribution is 5.55. The second-order valence-corrected chi connectivity index (χ2v) is 6.66. The summed E-state index contributed by atoms with van der Waals surface area (Å²) in [4.78, 5) is 24.0. The molecule has 6 nitrogen and oxygen atoms in total. The average molecular weight is 342 g/mol. The van der Waals surface area contributed by atoms with E-state index in [1.54, 1.807) is 6.92 Å². The fourth-order valence-corrected chi connectivity index (χ4v) is 3.12. The van der Waals surface area contributed by atoms with Gasteiger partial charge in [-0.1, -0.05) is 24.3 Å². The molecule has 1 saturated heterocycles. The highest BCUT2D eigenvalue weighted by atomic mass is 16.3. The summed E-state index contributed by atoms with van der Waals surface area (Å²) >= 11 is 0. The van der Waals surface area contributed by atoms with E-state index in [-0.39, 0.29) is 12.2 Å². The molecular weight excluding hydrogens is 316 g/mol. The van der Waals surface area contributed by atoms with Gasteiger partial charge in [-0.3, -0.25) is 14.6 Å². The third-order valence-corrected chi connectivity index (χ3v) is 4.91. The molecule has 2 N–H and O–H groups in total. The fraction of sp³-hybridized carbons (Fsp3) is 0.474. The highest BCUT2D eigenvalue weighted by Crippen LogP contribution is 2.17. The lowest BCUT2D eigenvalue weighted by atomic mass is 10.1. The van der Waals surface area contributed by atoms with E-state index in [4.69, 9.17) is 5.11 Å². The molecule has 2 aromatic rings. The lowest BCUT2D eigenvalue weighted by Gasteiger charge is -2.34. The number of H-pyrrole nitrogens is 1. The first kappa shape index (κ1) is 17.8. The molecule has 0 aliphatic carbocycles. The van der Waals surface area contributed by atoms with Crippen molar-refractivity contribution in [3.05, 3.63) is 51.4 Å². The summed E-state index contributed by atoms with van der Waals surface area (Å²) in [6.45, 7) is 9.62. The minimum absolute atomic E-state index is 0.0765. The normalized spacial score (nSPS) is 16.3. The van der Waals surface area contributed by atoms with Gasteiger partial charge in [0.25, 0.3) is 5.56 Å². The zero-order valence-corrected chi connectivity index (χ0v) is 15.0. The van der Waals surface area contributed by atoms with E-state index in [0.29, 0.717) is 11.4 Å². The summed E-state index contributed by atoms with van der Waals surface area (Å²) in [7, 11) is 0. The van der Waals surface area contributed by atoms with Gasteiger partial charge in [0.05, 0.1) is 6.61 Å². The second kappa shape index (κ2) is 7.91. The predicted octanol–water partition coefficient (Wildman–Crippen LogP) is 1.16. The van der Waals surface area contributed by atoms with Crippen LogP contribution in [-0.4, -0.2) is 64.2 Å². The quantitative estimate of drug-likeness (QED) is 0.853. The van der Waals surface area contributed by atoms with Crippen LogP contribution in [0.25, 0.3) is 11.4 Å². The molecule has 6 heteroatoms. The van der Waals surface area contributed by atoms with Gasteiger partial charge in [-0.05, 0) is 19.4 Å². The molecule has 0 radical (unpaired) electrons. The zero-order chi connectivity index (χ0) is 17.8. The van der Waals surface area contributed by atoms with Crippen LogP contribution in [0, 0.1) is 13.8 Å². The van der Waals surface area contributed by atoms with Gasteiger partial charge in [-0.2, -0.15) is 0 Å². The SMILES string of the molecule is Cc1nc(-c2ccc(CN3CCN(CCO)CC3)cc2)[nH]c(=O)c1C. The van der Waals surface area contributed by atoms with E-state index in [9.17, 15) is 4.79 Å². The van der Waals surface area contributed by atoms with Crippen molar-refractivity contribution in [1.29, 1.82) is 0 Å². The number of nitrogens with one attached hydrogen (secondary N) is 1. The Balaban J connectivity index is 1.64. The molecule has 0 bridgehead atoms. The number of aliphatic hydroxyl groups excluding tert-OH is 1. The van der Waals surface area contributed by atoms with Crippen LogP contribution in [0.5, 0.6) is 0 Å². The minimum Gasteiger partial charge on any atom is -0.395 e. The molecule has 25 heavy (non-hydrogen) atoms. The van der Waals surface area contributed by atoms with Crippen molar-refractivity contribution < 1.29 is 5.11 Å². The Kier molecular flexibility index (Phi) is 5.63. The standard InChI is InChI=1S/C19H26N4O2/c1-14-15(2)20-18(21-19(14)25)17-5-3-16(4-6-17)13-23-9-7-22(8-10-23)11-12-24/h3-6,24H,7-13H2,1-2H3,(H,20,21,25). The summed E-state index contributed by atoms with van der Waals surface area (Å²) in [5.74, 6) is 0.622. The number of β-amino-alcohol motifs (C(OH)–C–C–N with tert-alkyl or cyclic N) is 1. The first-order chi connectivity index (χ1) is 12.1. The minimum atomic E-state index is -0.0765. The van der Waals surface area contributed by atoms with Gasteiger partial charge in [0.15, 0.2) is 0 Å². The molecule has 1 aromatic carbocycles. The van der Waals surface area contributed by atoms with Crippen molar-refractivity contribution in [1.82, 2.24) is 19.8 Å². The van der Waals surface area contributed by atoms with Crippen LogP contribution >= 0.6 is 0 Å². The Labute approximate surface area is 148 Å². The summed E-state index contributed by atoms with van der Waals surface area (Å²) in [6, 6.07) is 8.24. The number of benzene rings is 1. The largest absolute Gasteiger partial charge is 0.395 e. The molecule has 1 aliphatic heterocycles. The number of aliphatic hydroxyl groups is 1. The van der Waals surface area contributed by atoms with Gasteiger partial charge in [-0.25, -0.2) is 4.98 Å². The van der Waals surface area contributed by atoms with Gasteiger partial charge < -0.3 is 10.1 Å². The molecule has 3 rings (SSSR count). The maximum absolute atomic E-state index is 11.9. The van der Waals surface area contributed by atoms with Crippen molar-refractivity contribution in [2.75, 3.05) is 39.3 Å². The molecular formula is C19H26N4O2. The van der Waals surface area contributed by atoms with Crippen LogP contribution in [-0.2, 0) is 6.54 Å². The Morgan fingerprint density at radius 3 is 2.32 bits per heavy atom. The van der Waals surface area contributed by atoms with E-state index in [1.165, 1.54) is 5.56 Å². The molecule has 0 saturated carbocycles. The smallest absolute Gasteiger partial charge is 0.254 e. The first-order valence-electron chi connectivity index (χ1n) is 8.79. The topological polar surface area (TPSA) is 72.5 Å². The van der Waals surface area contributed by atoms with Crippen LogP contribution in [0.4, 0.5) is 0 Å². The van der Waals surface area contributed by atoms with Crippen LogP contribution in [0.1, 0.15) is 16.8 Å². The molecule has 0 atom stereocenters. The molecule has 0 spiro atoms. The van der Waals surface area contributed by atoms with Crippen molar-refractivity contribution in [2.24, 2.45) is 0 Å². The van der Waals surface area contributed by atoms with E-state index < -0.39 is 0 Å². The molecule has 1 aliphatic rings. The maximum Gasteiger partial charge on any atom is 0.254 e. The van der Waals surface area contributed by atoms with Crippen LogP contribution in [0.15, 0.2) is 29.1 Å². The van der Waals surface area contributed by atoms with Crippen molar-refractivity contribution in [3.8, 4) is 11.4 Å². The molecule has 0 unspecified atom stereocenters. The van der Waals surface area contributed by atoms with Crippen molar-refractivity contribution >= 4 is 0 Å². The number of aromatic amines is 1. The lowest BCUT2D eigenvalue weighted by Crippen LogP contribution is -2.46. The number of aryl methyl sites for hydroxylation is 1. The van der Waals surface area contributed by atoms with E-state index in [2.05, 4.69) is 31.9 Å². The predicted molar refractivity (Wildman–Crippen MR) is 98.6 cm³/mol. The lowest BCUT2D eigenvalue weighted by molar-refractivity contribution is 0.108. The Morgan fingerprint density at radius 2 is 1.72 bits per heavy atom. The molecule has 134 valence electrons. The number of rotatable bonds is 5. The summed E-state index contributed by atoms with van der Waals surface area (Å²) in [5, 5.41) is 9.01. The molecule has 1 fully saturated rings. The molecule has 2 heterocycles. The molecule has 0 amide bonds. The third-order valence-electron chi connectivity index (χ3n) is 4.91. The maximum atomic E-state index is 11.9. The monoisotopic (exact) mass is 342 g/mol. The highest BCUT2D eigenvalue weighted by Gasteiger charge is 2.16. The van der Waals surface area contributed by atoms with Gasteiger partial charge in [0.2, 0.25) is 0 Å². The van der Waals surface area contributed by atoms with E-state index in [1.807, 2.05) is 19.1 Å². The fourth-order valence-electron chi connectivity index (χ4n) is 3.12. The first-order valence-corrected chi connectivity index (χ1v) is 8.79. The second-order valence-electron chi connectivity index (χ2n) is 6.66. The number of hydrogen-bond acceptors (Lipinski definition) is 5. The Hall–Kier alpha value is -2.02. The van der Waals surface area contributed by atoms with Gasteiger partial charge in [-0.15, -0.1) is 0 Å². The van der Waals surface area contributed by atoms with E-state index in [0.717, 1.165) is 50.5 Å². The average Bonchev–Trinajstić information content (AvgIpc) is 2.62. The Morgan fingerprint density at radius 1 is 1.08 bits per heavy atom. The van der Waals surface area contributed by atoms with Gasteiger partial charge >= 0.3 is 0 Å². The number of nitrogens with zero attached hydrogens (tertiary/aromatic N) is 3. The summed E-state index contributed by atoms with van der Waals surface area (Å²) in [5.41, 5.74) is 3.54. The van der Waals surface area contributed by atoms with Crippen LogP contribution < -0.4 is 5.56 Å². The van der Waals surface area contributed by atoms with E-state index >= 15 is 0 Å². The summed E-state index contributed by atoms with van der Waals surface area (Å²) in [6.07, 6.45) is 0. The van der Waals surface area contributed by atoms with Crippen LogP contribution in [0.3, 0.4) is 0 Å².